The molecular formula is C15H18N2O3. The molecule has 2 rings (SSSR count). The van der Waals surface area contributed by atoms with Crippen molar-refractivity contribution in [2.45, 2.75) is 33.6 Å². The maximum Gasteiger partial charge on any atom is 0.335 e. The van der Waals surface area contributed by atoms with E-state index in [9.17, 15) is 14.4 Å². The maximum absolute atomic E-state index is 12.4. The van der Waals surface area contributed by atoms with Crippen LogP contribution in [0, 0.1) is 19.8 Å². The monoisotopic (exact) mass is 274 g/mol. The van der Waals surface area contributed by atoms with Gasteiger partial charge in [-0.05, 0) is 37.5 Å². The molecule has 1 aliphatic heterocycles. The van der Waals surface area contributed by atoms with E-state index >= 15 is 0 Å². The van der Waals surface area contributed by atoms with Gasteiger partial charge in [-0.15, -0.1) is 0 Å². The van der Waals surface area contributed by atoms with Crippen molar-refractivity contribution in [3.8, 4) is 0 Å². The van der Waals surface area contributed by atoms with E-state index in [1.54, 1.807) is 6.07 Å². The number of hydrogen-bond acceptors (Lipinski definition) is 3. The molecule has 1 saturated heterocycles. The fourth-order valence-corrected chi connectivity index (χ4v) is 2.35. The van der Waals surface area contributed by atoms with Gasteiger partial charge in [-0.3, -0.25) is 14.9 Å². The van der Waals surface area contributed by atoms with Crippen LogP contribution in [0.2, 0.25) is 0 Å². The van der Waals surface area contributed by atoms with Gasteiger partial charge in [0, 0.05) is 0 Å². The number of imide groups is 2. The number of benzene rings is 1. The number of hydrogen-bond donors (Lipinski definition) is 1. The van der Waals surface area contributed by atoms with E-state index in [1.165, 1.54) is 0 Å². The molecule has 0 spiro atoms. The Morgan fingerprint density at radius 1 is 1.20 bits per heavy atom. The van der Waals surface area contributed by atoms with Gasteiger partial charge in [-0.1, -0.05) is 25.5 Å². The molecule has 1 aliphatic rings. The first-order chi connectivity index (χ1) is 9.45. The molecule has 1 aromatic carbocycles. The summed E-state index contributed by atoms with van der Waals surface area (Å²) in [6.07, 6.45) is 1.15. The van der Waals surface area contributed by atoms with E-state index < -0.39 is 23.8 Å². The Kier molecular flexibility index (Phi) is 3.88. The Bertz CT molecular complexity index is 580. The van der Waals surface area contributed by atoms with Gasteiger partial charge in [0.2, 0.25) is 11.8 Å². The molecule has 20 heavy (non-hydrogen) atoms. The van der Waals surface area contributed by atoms with E-state index in [0.29, 0.717) is 18.5 Å². The van der Waals surface area contributed by atoms with Gasteiger partial charge >= 0.3 is 6.03 Å². The molecule has 0 saturated carbocycles. The minimum atomic E-state index is -0.780. The van der Waals surface area contributed by atoms with E-state index in [1.807, 2.05) is 32.9 Å². The first kappa shape index (κ1) is 14.2. The second-order valence-corrected chi connectivity index (χ2v) is 5.10. The van der Waals surface area contributed by atoms with E-state index in [-0.39, 0.29) is 0 Å². The van der Waals surface area contributed by atoms with Crippen molar-refractivity contribution in [3.05, 3.63) is 29.3 Å². The van der Waals surface area contributed by atoms with Crippen LogP contribution in [-0.4, -0.2) is 17.8 Å². The number of aryl methyl sites for hydroxylation is 2. The van der Waals surface area contributed by atoms with Crippen LogP contribution in [0.25, 0.3) is 0 Å². The lowest BCUT2D eigenvalue weighted by atomic mass is 9.98. The molecule has 4 amide bonds. The van der Waals surface area contributed by atoms with Gasteiger partial charge in [0.1, 0.15) is 5.92 Å². The average Bonchev–Trinajstić information content (AvgIpc) is 2.38. The maximum atomic E-state index is 12.4. The predicted molar refractivity (Wildman–Crippen MR) is 75.3 cm³/mol. The summed E-state index contributed by atoms with van der Waals surface area (Å²) >= 11 is 0. The molecule has 0 bridgehead atoms. The lowest BCUT2D eigenvalue weighted by molar-refractivity contribution is -0.134. The number of carbonyl (C=O) groups is 3. The van der Waals surface area contributed by atoms with Crippen LogP contribution in [0.3, 0.4) is 0 Å². The molecule has 0 aromatic heterocycles. The number of nitrogens with zero attached hydrogens (tertiary/aromatic N) is 1. The van der Waals surface area contributed by atoms with E-state index in [4.69, 9.17) is 0 Å². The zero-order valence-electron chi connectivity index (χ0n) is 11.9. The standard InChI is InChI=1S/C15H18N2O3/c1-4-5-11-13(18)16-15(20)17(14(11)19)12-8-9(2)6-7-10(12)3/h6-8,11H,4-5H2,1-3H3,(H,16,18,20). The van der Waals surface area contributed by atoms with E-state index in [2.05, 4.69) is 5.32 Å². The zero-order valence-corrected chi connectivity index (χ0v) is 11.9. The van der Waals surface area contributed by atoms with Crippen LogP contribution in [-0.2, 0) is 9.59 Å². The highest BCUT2D eigenvalue weighted by Gasteiger charge is 2.40. The zero-order chi connectivity index (χ0) is 14.9. The summed E-state index contributed by atoms with van der Waals surface area (Å²) in [6, 6.07) is 4.89. The Balaban J connectivity index is 2.43. The summed E-state index contributed by atoms with van der Waals surface area (Å²) in [7, 11) is 0. The summed E-state index contributed by atoms with van der Waals surface area (Å²) in [5, 5.41) is 2.27. The highest BCUT2D eigenvalue weighted by molar-refractivity contribution is 6.27. The van der Waals surface area contributed by atoms with Crippen molar-refractivity contribution < 1.29 is 14.4 Å². The molecule has 106 valence electrons. The minimum absolute atomic E-state index is 0.436. The predicted octanol–water partition coefficient (Wildman–Crippen LogP) is 2.30. The third kappa shape index (κ3) is 2.43. The molecule has 1 aromatic rings. The molecule has 5 nitrogen and oxygen atoms in total. The highest BCUT2D eigenvalue weighted by atomic mass is 16.2. The highest BCUT2D eigenvalue weighted by Crippen LogP contribution is 2.26. The number of amides is 4. The summed E-state index contributed by atoms with van der Waals surface area (Å²) in [4.78, 5) is 37.3. The molecule has 1 N–H and O–H groups in total. The molecule has 1 heterocycles. The quantitative estimate of drug-likeness (QED) is 0.860. The fourth-order valence-electron chi connectivity index (χ4n) is 2.35. The molecule has 1 unspecified atom stereocenters. The van der Waals surface area contributed by atoms with Crippen molar-refractivity contribution in [2.24, 2.45) is 5.92 Å². The Morgan fingerprint density at radius 3 is 2.55 bits per heavy atom. The smallest absolute Gasteiger partial charge is 0.277 e. The number of rotatable bonds is 3. The van der Waals surface area contributed by atoms with Crippen LogP contribution < -0.4 is 10.2 Å². The lowest BCUT2D eigenvalue weighted by Crippen LogP contribution is -2.58. The molecule has 1 atom stereocenters. The van der Waals surface area contributed by atoms with Crippen molar-refractivity contribution in [2.75, 3.05) is 4.90 Å². The van der Waals surface area contributed by atoms with Crippen LogP contribution in [0.15, 0.2) is 18.2 Å². The van der Waals surface area contributed by atoms with Gasteiger partial charge in [-0.2, -0.15) is 0 Å². The molecular weight excluding hydrogens is 256 g/mol. The first-order valence-corrected chi connectivity index (χ1v) is 6.71. The van der Waals surface area contributed by atoms with Gasteiger partial charge in [0.15, 0.2) is 0 Å². The number of carbonyl (C=O) groups excluding carboxylic acids is 3. The van der Waals surface area contributed by atoms with Crippen molar-refractivity contribution >= 4 is 23.5 Å². The summed E-state index contributed by atoms with van der Waals surface area (Å²) in [5.74, 6) is -1.71. The first-order valence-electron chi connectivity index (χ1n) is 6.71. The van der Waals surface area contributed by atoms with Crippen LogP contribution in [0.4, 0.5) is 10.5 Å². The summed E-state index contributed by atoms with van der Waals surface area (Å²) in [5.41, 5.74) is 2.32. The average molecular weight is 274 g/mol. The van der Waals surface area contributed by atoms with Crippen LogP contribution in [0.5, 0.6) is 0 Å². The third-order valence-electron chi connectivity index (χ3n) is 3.45. The van der Waals surface area contributed by atoms with Crippen LogP contribution in [0.1, 0.15) is 30.9 Å². The Labute approximate surface area is 118 Å². The van der Waals surface area contributed by atoms with Gasteiger partial charge < -0.3 is 0 Å². The van der Waals surface area contributed by atoms with Gasteiger partial charge in [-0.25, -0.2) is 9.69 Å². The second kappa shape index (κ2) is 5.45. The molecule has 1 fully saturated rings. The Morgan fingerprint density at radius 2 is 1.90 bits per heavy atom. The normalized spacial score (nSPS) is 19.2. The molecule has 5 heteroatoms. The minimum Gasteiger partial charge on any atom is -0.277 e. The summed E-state index contributed by atoms with van der Waals surface area (Å²) in [6.45, 7) is 5.63. The topological polar surface area (TPSA) is 66.5 Å². The van der Waals surface area contributed by atoms with Crippen molar-refractivity contribution in [1.82, 2.24) is 5.32 Å². The second-order valence-electron chi connectivity index (χ2n) is 5.10. The van der Waals surface area contributed by atoms with E-state index in [0.717, 1.165) is 16.0 Å². The fraction of sp³-hybridized carbons (Fsp3) is 0.400. The number of anilines is 1. The largest absolute Gasteiger partial charge is 0.335 e. The number of urea groups is 1. The van der Waals surface area contributed by atoms with Crippen LogP contribution >= 0.6 is 0 Å². The lowest BCUT2D eigenvalue weighted by Gasteiger charge is -2.31. The third-order valence-corrected chi connectivity index (χ3v) is 3.45. The van der Waals surface area contributed by atoms with Gasteiger partial charge in [0.25, 0.3) is 0 Å². The SMILES string of the molecule is CCCC1C(=O)NC(=O)N(c2cc(C)ccc2C)C1=O. The van der Waals surface area contributed by atoms with Crippen molar-refractivity contribution in [1.29, 1.82) is 0 Å². The molecule has 0 radical (unpaired) electrons. The summed E-state index contributed by atoms with van der Waals surface area (Å²) < 4.78 is 0. The van der Waals surface area contributed by atoms with Gasteiger partial charge in [0.05, 0.1) is 5.69 Å². The number of barbiturate groups is 1. The van der Waals surface area contributed by atoms with Crippen molar-refractivity contribution in [3.63, 3.8) is 0 Å². The number of nitrogens with one attached hydrogen (secondary N) is 1. The molecule has 0 aliphatic carbocycles. The Hall–Kier alpha value is -2.17.